The summed E-state index contributed by atoms with van der Waals surface area (Å²) in [7, 11) is 0. The molecular weight excluding hydrogens is 344 g/mol. The number of hydrogen-bond donors (Lipinski definition) is 1. The second-order valence-electron chi connectivity index (χ2n) is 4.24. The summed E-state index contributed by atoms with van der Waals surface area (Å²) in [6.45, 7) is 2.43. The van der Waals surface area contributed by atoms with E-state index in [0.29, 0.717) is 22.3 Å². The summed E-state index contributed by atoms with van der Waals surface area (Å²) in [5.74, 6) is 0. The summed E-state index contributed by atoms with van der Waals surface area (Å²) in [5, 5.41) is 4.02. The lowest BCUT2D eigenvalue weighted by Gasteiger charge is -2.06. The molecule has 21 heavy (non-hydrogen) atoms. The van der Waals surface area contributed by atoms with E-state index in [2.05, 4.69) is 10.3 Å². The average Bonchev–Trinajstić information content (AvgIpc) is 2.74. The maximum Gasteiger partial charge on any atom is 0.393 e. The van der Waals surface area contributed by atoms with E-state index < -0.39 is 12.6 Å². The highest BCUT2D eigenvalue weighted by Crippen LogP contribution is 2.37. The van der Waals surface area contributed by atoms with Crippen molar-refractivity contribution >= 4 is 39.7 Å². The number of halogens is 5. The quantitative estimate of drug-likeness (QED) is 0.766. The third-order valence-corrected chi connectivity index (χ3v) is 4.33. The zero-order valence-electron chi connectivity index (χ0n) is 10.9. The number of benzene rings is 1. The largest absolute Gasteiger partial charge is 0.393 e. The second kappa shape index (κ2) is 6.42. The first-order valence-electron chi connectivity index (χ1n) is 6.06. The number of nitrogens with one attached hydrogen (secondary N) is 1. The van der Waals surface area contributed by atoms with E-state index in [9.17, 15) is 13.2 Å². The number of alkyl halides is 3. The Bertz CT molecular complexity index is 641. The number of anilines is 1. The van der Waals surface area contributed by atoms with E-state index in [1.807, 2.05) is 6.92 Å². The predicted molar refractivity (Wildman–Crippen MR) is 81.5 cm³/mol. The Kier molecular flexibility index (Phi) is 5.01. The van der Waals surface area contributed by atoms with Gasteiger partial charge in [0.15, 0.2) is 5.13 Å². The van der Waals surface area contributed by atoms with Crippen molar-refractivity contribution in [2.45, 2.75) is 19.5 Å². The van der Waals surface area contributed by atoms with Crippen LogP contribution in [0.1, 0.15) is 11.8 Å². The maximum absolute atomic E-state index is 12.7. The Morgan fingerprint density at radius 1 is 1.24 bits per heavy atom. The van der Waals surface area contributed by atoms with Crippen LogP contribution in [0.15, 0.2) is 18.2 Å². The van der Waals surface area contributed by atoms with Crippen LogP contribution in [0.2, 0.25) is 10.0 Å². The fraction of sp³-hybridized carbons (Fsp3) is 0.308. The van der Waals surface area contributed by atoms with Gasteiger partial charge in [0.1, 0.15) is 0 Å². The zero-order valence-corrected chi connectivity index (χ0v) is 13.2. The average molecular weight is 355 g/mol. The highest BCUT2D eigenvalue weighted by Gasteiger charge is 2.31. The van der Waals surface area contributed by atoms with Crippen molar-refractivity contribution < 1.29 is 13.2 Å². The molecule has 0 aliphatic carbocycles. The van der Waals surface area contributed by atoms with Gasteiger partial charge in [0.25, 0.3) is 0 Å². The van der Waals surface area contributed by atoms with Crippen molar-refractivity contribution in [1.82, 2.24) is 4.98 Å². The van der Waals surface area contributed by atoms with E-state index in [4.69, 9.17) is 23.2 Å². The number of hydrogen-bond acceptors (Lipinski definition) is 3. The summed E-state index contributed by atoms with van der Waals surface area (Å²) >= 11 is 12.7. The van der Waals surface area contributed by atoms with Crippen molar-refractivity contribution in [3.63, 3.8) is 0 Å². The minimum absolute atomic E-state index is 0.150. The molecule has 0 bridgehead atoms. The lowest BCUT2D eigenvalue weighted by atomic mass is 10.1. The van der Waals surface area contributed by atoms with Gasteiger partial charge in [-0.2, -0.15) is 13.2 Å². The molecule has 0 atom stereocenters. The van der Waals surface area contributed by atoms with Crippen molar-refractivity contribution in [3.05, 3.63) is 33.1 Å². The van der Waals surface area contributed by atoms with E-state index in [1.165, 1.54) is 6.07 Å². The molecule has 1 heterocycles. The van der Waals surface area contributed by atoms with Gasteiger partial charge in [-0.25, -0.2) is 4.98 Å². The van der Waals surface area contributed by atoms with E-state index in [-0.39, 0.29) is 15.6 Å². The first-order chi connectivity index (χ1) is 9.80. The lowest BCUT2D eigenvalue weighted by molar-refractivity contribution is -0.126. The molecule has 0 unspecified atom stereocenters. The van der Waals surface area contributed by atoms with Crippen molar-refractivity contribution in [2.24, 2.45) is 0 Å². The summed E-state index contributed by atoms with van der Waals surface area (Å²) in [6.07, 6.45) is -5.31. The summed E-state index contributed by atoms with van der Waals surface area (Å²) in [6, 6.07) is 4.68. The van der Waals surface area contributed by atoms with Gasteiger partial charge in [-0.15, -0.1) is 11.3 Å². The molecule has 0 aliphatic heterocycles. The highest BCUT2D eigenvalue weighted by molar-refractivity contribution is 7.16. The van der Waals surface area contributed by atoms with Crippen LogP contribution < -0.4 is 5.32 Å². The molecule has 0 saturated carbocycles. The SMILES string of the molecule is CCNc1nc(-c2ccc(Cl)c(Cl)c2)c(CC(F)(F)F)s1. The van der Waals surface area contributed by atoms with Crippen LogP contribution in [0, 0.1) is 0 Å². The fourth-order valence-electron chi connectivity index (χ4n) is 1.75. The van der Waals surface area contributed by atoms with Crippen LogP contribution in [-0.4, -0.2) is 17.7 Å². The van der Waals surface area contributed by atoms with Crippen molar-refractivity contribution in [1.29, 1.82) is 0 Å². The number of aromatic nitrogens is 1. The van der Waals surface area contributed by atoms with Crippen LogP contribution in [0.4, 0.5) is 18.3 Å². The molecular formula is C13H11Cl2F3N2S. The van der Waals surface area contributed by atoms with Crippen LogP contribution in [0.5, 0.6) is 0 Å². The van der Waals surface area contributed by atoms with E-state index >= 15 is 0 Å². The Hall–Kier alpha value is -0.980. The third-order valence-electron chi connectivity index (χ3n) is 2.58. The van der Waals surface area contributed by atoms with Gasteiger partial charge < -0.3 is 5.32 Å². The van der Waals surface area contributed by atoms with Gasteiger partial charge in [-0.05, 0) is 19.1 Å². The lowest BCUT2D eigenvalue weighted by Crippen LogP contribution is -2.11. The van der Waals surface area contributed by atoms with Crippen molar-refractivity contribution in [2.75, 3.05) is 11.9 Å². The van der Waals surface area contributed by atoms with Gasteiger partial charge in [-0.1, -0.05) is 29.3 Å². The minimum atomic E-state index is -4.29. The highest BCUT2D eigenvalue weighted by atomic mass is 35.5. The van der Waals surface area contributed by atoms with Gasteiger partial charge in [0, 0.05) is 17.0 Å². The Balaban J connectivity index is 2.46. The normalized spacial score (nSPS) is 11.7. The maximum atomic E-state index is 12.7. The molecule has 1 aromatic carbocycles. The second-order valence-corrected chi connectivity index (χ2v) is 6.14. The van der Waals surface area contributed by atoms with E-state index in [0.717, 1.165) is 11.3 Å². The number of rotatable bonds is 4. The standard InChI is InChI=1S/C13H11Cl2F3N2S/c1-2-19-12-20-11(10(21-12)6-13(16,17)18)7-3-4-8(14)9(15)5-7/h3-5H,2,6H2,1H3,(H,19,20). The first-order valence-corrected chi connectivity index (χ1v) is 7.63. The first kappa shape index (κ1) is 16.4. The van der Waals surface area contributed by atoms with Crippen molar-refractivity contribution in [3.8, 4) is 11.3 Å². The zero-order chi connectivity index (χ0) is 15.6. The van der Waals surface area contributed by atoms with Gasteiger partial charge in [-0.3, -0.25) is 0 Å². The molecule has 0 fully saturated rings. The molecule has 0 saturated heterocycles. The summed E-state index contributed by atoms with van der Waals surface area (Å²) in [4.78, 5) is 4.38. The van der Waals surface area contributed by atoms with Crippen LogP contribution in [0.3, 0.4) is 0 Å². The third kappa shape index (κ3) is 4.25. The Morgan fingerprint density at radius 3 is 2.52 bits per heavy atom. The minimum Gasteiger partial charge on any atom is -0.362 e. The number of thiazole rings is 1. The molecule has 2 nitrogen and oxygen atoms in total. The smallest absolute Gasteiger partial charge is 0.362 e. The molecule has 1 N–H and O–H groups in total. The summed E-state index contributed by atoms with van der Waals surface area (Å²) < 4.78 is 38.1. The molecule has 0 amide bonds. The Morgan fingerprint density at radius 2 is 1.95 bits per heavy atom. The van der Waals surface area contributed by atoms with Gasteiger partial charge in [0.2, 0.25) is 0 Å². The predicted octanol–water partition coefficient (Wildman–Crippen LogP) is 5.65. The fourth-order valence-corrected chi connectivity index (χ4v) is 3.13. The topological polar surface area (TPSA) is 24.9 Å². The Labute approximate surface area is 133 Å². The molecule has 2 aromatic rings. The molecule has 0 radical (unpaired) electrons. The van der Waals surface area contributed by atoms with Gasteiger partial charge in [0.05, 0.1) is 22.2 Å². The molecule has 8 heteroatoms. The molecule has 114 valence electrons. The molecule has 1 aromatic heterocycles. The number of nitrogens with zero attached hydrogens (tertiary/aromatic N) is 1. The summed E-state index contributed by atoms with van der Waals surface area (Å²) in [5.41, 5.74) is 0.802. The molecule has 2 rings (SSSR count). The molecule has 0 aliphatic rings. The van der Waals surface area contributed by atoms with Crippen LogP contribution in [0.25, 0.3) is 11.3 Å². The van der Waals surface area contributed by atoms with E-state index in [1.54, 1.807) is 12.1 Å². The van der Waals surface area contributed by atoms with Crippen LogP contribution in [-0.2, 0) is 6.42 Å². The van der Waals surface area contributed by atoms with Crippen LogP contribution >= 0.6 is 34.5 Å². The molecule has 0 spiro atoms. The van der Waals surface area contributed by atoms with Gasteiger partial charge >= 0.3 is 6.18 Å². The monoisotopic (exact) mass is 354 g/mol.